The maximum atomic E-state index is 11.4. The quantitative estimate of drug-likeness (QED) is 0.849. The number of nitrogens with two attached hydrogens (primary N) is 1. The van der Waals surface area contributed by atoms with Crippen LogP contribution < -0.4 is 20.7 Å². The summed E-state index contributed by atoms with van der Waals surface area (Å²) in [4.78, 5) is 17.9. The maximum Gasteiger partial charge on any atom is 0.239 e. The summed E-state index contributed by atoms with van der Waals surface area (Å²) in [7, 11) is 0. The highest BCUT2D eigenvalue weighted by atomic mass is 16.5. The van der Waals surface area contributed by atoms with Crippen LogP contribution in [0, 0.1) is 5.92 Å². The number of rotatable bonds is 4. The molecule has 0 bridgehead atoms. The van der Waals surface area contributed by atoms with Gasteiger partial charge in [0.2, 0.25) is 11.8 Å². The van der Waals surface area contributed by atoms with E-state index >= 15 is 0 Å². The van der Waals surface area contributed by atoms with E-state index in [1.165, 1.54) is 12.8 Å². The molecule has 0 unspecified atom stereocenters. The first-order chi connectivity index (χ1) is 9.72. The molecule has 1 amide bonds. The number of ether oxygens (including phenoxy) is 1. The van der Waals surface area contributed by atoms with Crippen LogP contribution in [0.25, 0.3) is 0 Å². The molecule has 2 heterocycles. The molecule has 1 aromatic rings. The lowest BCUT2D eigenvalue weighted by Gasteiger charge is -2.21. The normalized spacial score (nSPS) is 19.4. The van der Waals surface area contributed by atoms with Crippen molar-refractivity contribution in [3.05, 3.63) is 12.1 Å². The van der Waals surface area contributed by atoms with E-state index in [9.17, 15) is 4.79 Å². The third-order valence-electron chi connectivity index (χ3n) is 3.66. The highest BCUT2D eigenvalue weighted by Gasteiger charge is 2.23. The fourth-order valence-corrected chi connectivity index (χ4v) is 2.21. The van der Waals surface area contributed by atoms with E-state index in [1.807, 2.05) is 12.1 Å². The van der Waals surface area contributed by atoms with Crippen LogP contribution >= 0.6 is 0 Å². The predicted molar refractivity (Wildman–Crippen MR) is 76.7 cm³/mol. The summed E-state index contributed by atoms with van der Waals surface area (Å²) >= 11 is 0. The SMILES string of the molecule is Nc1ccc(N2CCNC(=O)CC2)nc1OCC1CC1. The summed E-state index contributed by atoms with van der Waals surface area (Å²) in [6, 6.07) is 3.71. The van der Waals surface area contributed by atoms with Gasteiger partial charge in [0.15, 0.2) is 0 Å². The van der Waals surface area contributed by atoms with Gasteiger partial charge in [0, 0.05) is 26.1 Å². The molecule has 1 saturated heterocycles. The first-order valence-electron chi connectivity index (χ1n) is 7.13. The number of nitrogens with one attached hydrogen (secondary N) is 1. The molecule has 0 atom stereocenters. The number of aromatic nitrogens is 1. The van der Waals surface area contributed by atoms with Crippen LogP contribution in [0.2, 0.25) is 0 Å². The molecule has 0 spiro atoms. The van der Waals surface area contributed by atoms with Crippen LogP contribution in [-0.4, -0.2) is 37.1 Å². The molecule has 6 nitrogen and oxygen atoms in total. The Labute approximate surface area is 118 Å². The van der Waals surface area contributed by atoms with Crippen LogP contribution in [0.15, 0.2) is 12.1 Å². The number of anilines is 2. The van der Waals surface area contributed by atoms with Crippen molar-refractivity contribution in [1.29, 1.82) is 0 Å². The number of nitrogen functional groups attached to an aromatic ring is 1. The second-order valence-electron chi connectivity index (χ2n) is 5.41. The minimum atomic E-state index is 0.0909. The molecule has 0 radical (unpaired) electrons. The van der Waals surface area contributed by atoms with Gasteiger partial charge in [-0.1, -0.05) is 0 Å². The van der Waals surface area contributed by atoms with E-state index in [1.54, 1.807) is 0 Å². The van der Waals surface area contributed by atoms with E-state index in [0.29, 0.717) is 43.6 Å². The van der Waals surface area contributed by atoms with Crippen molar-refractivity contribution in [2.75, 3.05) is 36.9 Å². The van der Waals surface area contributed by atoms with Crippen molar-refractivity contribution in [1.82, 2.24) is 10.3 Å². The first kappa shape index (κ1) is 13.0. The Morgan fingerprint density at radius 2 is 2.25 bits per heavy atom. The van der Waals surface area contributed by atoms with Crippen molar-refractivity contribution in [2.24, 2.45) is 5.92 Å². The molecule has 3 rings (SSSR count). The Hall–Kier alpha value is -1.98. The largest absolute Gasteiger partial charge is 0.476 e. The number of carbonyl (C=O) groups excluding carboxylic acids is 1. The Morgan fingerprint density at radius 1 is 1.40 bits per heavy atom. The molecule has 108 valence electrons. The number of hydrogen-bond donors (Lipinski definition) is 2. The minimum Gasteiger partial charge on any atom is -0.476 e. The number of carbonyl (C=O) groups is 1. The van der Waals surface area contributed by atoms with E-state index in [0.717, 1.165) is 12.4 Å². The van der Waals surface area contributed by atoms with Gasteiger partial charge in [0.25, 0.3) is 0 Å². The number of nitrogens with zero attached hydrogens (tertiary/aromatic N) is 2. The van der Waals surface area contributed by atoms with Crippen LogP contribution in [0.4, 0.5) is 11.5 Å². The first-order valence-corrected chi connectivity index (χ1v) is 7.13. The predicted octanol–water partition coefficient (Wildman–Crippen LogP) is 0.779. The van der Waals surface area contributed by atoms with Gasteiger partial charge in [-0.15, -0.1) is 0 Å². The van der Waals surface area contributed by atoms with Gasteiger partial charge in [-0.25, -0.2) is 0 Å². The fraction of sp³-hybridized carbons (Fsp3) is 0.571. The summed E-state index contributed by atoms with van der Waals surface area (Å²) in [5.41, 5.74) is 6.47. The topological polar surface area (TPSA) is 80.5 Å². The average molecular weight is 276 g/mol. The third kappa shape index (κ3) is 3.12. The average Bonchev–Trinajstić information content (AvgIpc) is 3.26. The van der Waals surface area contributed by atoms with Gasteiger partial charge in [-0.3, -0.25) is 4.79 Å². The molecule has 2 fully saturated rings. The van der Waals surface area contributed by atoms with Crippen molar-refractivity contribution in [3.63, 3.8) is 0 Å². The standard InChI is InChI=1S/C14H20N4O2/c15-11-3-4-12(17-14(11)20-9-10-1-2-10)18-7-5-13(19)16-6-8-18/h3-4,10H,1-2,5-9,15H2,(H,16,19). The molecule has 1 saturated carbocycles. The molecular weight excluding hydrogens is 256 g/mol. The summed E-state index contributed by atoms with van der Waals surface area (Å²) in [6.07, 6.45) is 2.96. The van der Waals surface area contributed by atoms with Gasteiger partial charge in [-0.05, 0) is 30.9 Å². The molecule has 6 heteroatoms. The lowest BCUT2D eigenvalue weighted by atomic mass is 10.3. The summed E-state index contributed by atoms with van der Waals surface area (Å²) < 4.78 is 5.70. The Morgan fingerprint density at radius 3 is 3.05 bits per heavy atom. The molecule has 2 aliphatic rings. The van der Waals surface area contributed by atoms with Crippen LogP contribution in [0.3, 0.4) is 0 Å². The van der Waals surface area contributed by atoms with E-state index < -0.39 is 0 Å². The number of pyridine rings is 1. The van der Waals surface area contributed by atoms with Gasteiger partial charge in [0.05, 0.1) is 12.3 Å². The van der Waals surface area contributed by atoms with Crippen LogP contribution in [0.5, 0.6) is 5.88 Å². The zero-order valence-electron chi connectivity index (χ0n) is 11.5. The van der Waals surface area contributed by atoms with Crippen LogP contribution in [-0.2, 0) is 4.79 Å². The second-order valence-corrected chi connectivity index (χ2v) is 5.41. The molecule has 0 aromatic carbocycles. The fourth-order valence-electron chi connectivity index (χ4n) is 2.21. The molecule has 1 aromatic heterocycles. The summed E-state index contributed by atoms with van der Waals surface area (Å²) in [6.45, 7) is 2.76. The van der Waals surface area contributed by atoms with Crippen molar-refractivity contribution in [2.45, 2.75) is 19.3 Å². The molecular formula is C14H20N4O2. The second kappa shape index (κ2) is 5.56. The molecule has 3 N–H and O–H groups in total. The monoisotopic (exact) mass is 276 g/mol. The maximum absolute atomic E-state index is 11.4. The van der Waals surface area contributed by atoms with Gasteiger partial charge < -0.3 is 20.7 Å². The lowest BCUT2D eigenvalue weighted by molar-refractivity contribution is -0.120. The number of hydrogen-bond acceptors (Lipinski definition) is 5. The molecule has 1 aliphatic carbocycles. The zero-order valence-corrected chi connectivity index (χ0v) is 11.5. The van der Waals surface area contributed by atoms with E-state index in [2.05, 4.69) is 15.2 Å². The van der Waals surface area contributed by atoms with Gasteiger partial charge >= 0.3 is 0 Å². The Balaban J connectivity index is 1.71. The molecule has 20 heavy (non-hydrogen) atoms. The highest BCUT2D eigenvalue weighted by Crippen LogP contribution is 2.31. The van der Waals surface area contributed by atoms with Crippen molar-refractivity contribution < 1.29 is 9.53 Å². The van der Waals surface area contributed by atoms with Crippen LogP contribution in [0.1, 0.15) is 19.3 Å². The summed E-state index contributed by atoms with van der Waals surface area (Å²) in [5.74, 6) is 2.09. The lowest BCUT2D eigenvalue weighted by Crippen LogP contribution is -2.29. The van der Waals surface area contributed by atoms with E-state index in [-0.39, 0.29) is 5.91 Å². The zero-order chi connectivity index (χ0) is 13.9. The van der Waals surface area contributed by atoms with Gasteiger partial charge in [-0.2, -0.15) is 4.98 Å². The minimum absolute atomic E-state index is 0.0909. The smallest absolute Gasteiger partial charge is 0.239 e. The van der Waals surface area contributed by atoms with Gasteiger partial charge in [0.1, 0.15) is 5.82 Å². The van der Waals surface area contributed by atoms with E-state index in [4.69, 9.17) is 10.5 Å². The van der Waals surface area contributed by atoms with Crippen molar-refractivity contribution >= 4 is 17.4 Å². The summed E-state index contributed by atoms with van der Waals surface area (Å²) in [5, 5.41) is 2.85. The Kier molecular flexibility index (Phi) is 3.62. The number of amides is 1. The third-order valence-corrected chi connectivity index (χ3v) is 3.66. The van der Waals surface area contributed by atoms with Crippen molar-refractivity contribution in [3.8, 4) is 5.88 Å². The molecule has 1 aliphatic heterocycles. The highest BCUT2D eigenvalue weighted by molar-refractivity contribution is 5.77. The Bertz CT molecular complexity index is 502.